The molecule has 0 spiro atoms. The summed E-state index contributed by atoms with van der Waals surface area (Å²) in [6.45, 7) is 1.72. The second-order valence-corrected chi connectivity index (χ2v) is 4.08. The van der Waals surface area contributed by atoms with E-state index in [1.54, 1.807) is 18.5 Å². The lowest BCUT2D eigenvalue weighted by atomic mass is 9.99. The van der Waals surface area contributed by atoms with Crippen LogP contribution in [-0.4, -0.2) is 16.5 Å². The van der Waals surface area contributed by atoms with E-state index < -0.39 is 0 Å². The molecule has 1 aliphatic heterocycles. The minimum Gasteiger partial charge on any atom is -0.311 e. The van der Waals surface area contributed by atoms with Crippen molar-refractivity contribution in [1.29, 1.82) is 0 Å². The van der Waals surface area contributed by atoms with Crippen LogP contribution in [0.1, 0.15) is 11.3 Å². The summed E-state index contributed by atoms with van der Waals surface area (Å²) in [7, 11) is 0. The van der Waals surface area contributed by atoms with Crippen LogP contribution in [-0.2, 0) is 13.0 Å². The topological polar surface area (TPSA) is 37.8 Å². The van der Waals surface area contributed by atoms with Crippen LogP contribution < -0.4 is 5.32 Å². The highest BCUT2D eigenvalue weighted by Gasteiger charge is 2.15. The zero-order chi connectivity index (χ0) is 11.7. The molecule has 1 aromatic heterocycles. The SMILES string of the molecule is Fc1ccc(-c2ncnc3c2CCNC3)cc1. The third kappa shape index (κ3) is 1.91. The monoisotopic (exact) mass is 229 g/mol. The zero-order valence-corrected chi connectivity index (χ0v) is 9.28. The van der Waals surface area contributed by atoms with Crippen LogP contribution in [0.2, 0.25) is 0 Å². The van der Waals surface area contributed by atoms with Gasteiger partial charge in [0.1, 0.15) is 12.1 Å². The molecule has 17 heavy (non-hydrogen) atoms. The molecule has 3 nitrogen and oxygen atoms in total. The normalized spacial score (nSPS) is 14.4. The third-order valence-corrected chi connectivity index (χ3v) is 3.00. The molecule has 0 fully saturated rings. The number of hydrogen-bond acceptors (Lipinski definition) is 3. The van der Waals surface area contributed by atoms with Gasteiger partial charge in [0.05, 0.1) is 11.4 Å². The fraction of sp³-hybridized carbons (Fsp3) is 0.231. The molecule has 1 aliphatic rings. The number of aromatic nitrogens is 2. The molecule has 0 aliphatic carbocycles. The molecular weight excluding hydrogens is 217 g/mol. The molecule has 0 unspecified atom stereocenters. The summed E-state index contributed by atoms with van der Waals surface area (Å²) < 4.78 is 12.9. The van der Waals surface area contributed by atoms with Gasteiger partial charge in [-0.3, -0.25) is 0 Å². The number of hydrogen-bond donors (Lipinski definition) is 1. The number of rotatable bonds is 1. The van der Waals surface area contributed by atoms with Crippen LogP contribution in [0.25, 0.3) is 11.3 Å². The Hall–Kier alpha value is -1.81. The van der Waals surface area contributed by atoms with Crippen molar-refractivity contribution in [2.45, 2.75) is 13.0 Å². The van der Waals surface area contributed by atoms with Crippen molar-refractivity contribution >= 4 is 0 Å². The van der Waals surface area contributed by atoms with Crippen molar-refractivity contribution in [3.63, 3.8) is 0 Å². The van der Waals surface area contributed by atoms with E-state index in [2.05, 4.69) is 15.3 Å². The Morgan fingerprint density at radius 3 is 2.76 bits per heavy atom. The van der Waals surface area contributed by atoms with E-state index >= 15 is 0 Å². The van der Waals surface area contributed by atoms with Crippen LogP contribution >= 0.6 is 0 Å². The molecule has 2 aromatic rings. The standard InChI is InChI=1S/C13H12FN3/c14-10-3-1-9(2-4-10)13-11-5-6-15-7-12(11)16-8-17-13/h1-4,8,15H,5-7H2. The molecule has 1 aromatic carbocycles. The van der Waals surface area contributed by atoms with Gasteiger partial charge >= 0.3 is 0 Å². The van der Waals surface area contributed by atoms with Crippen LogP contribution in [0.5, 0.6) is 0 Å². The number of nitrogens with one attached hydrogen (secondary N) is 1. The average Bonchev–Trinajstić information content (AvgIpc) is 2.39. The molecule has 3 rings (SSSR count). The van der Waals surface area contributed by atoms with Crippen LogP contribution in [0.3, 0.4) is 0 Å². The van der Waals surface area contributed by atoms with Crippen molar-refractivity contribution in [3.8, 4) is 11.3 Å². The fourth-order valence-corrected chi connectivity index (χ4v) is 2.14. The summed E-state index contributed by atoms with van der Waals surface area (Å²) in [5, 5.41) is 3.28. The first-order valence-electron chi connectivity index (χ1n) is 5.64. The summed E-state index contributed by atoms with van der Waals surface area (Å²) in [5.41, 5.74) is 4.10. The Balaban J connectivity index is 2.11. The van der Waals surface area contributed by atoms with E-state index in [1.165, 1.54) is 17.7 Å². The number of nitrogens with zero attached hydrogens (tertiary/aromatic N) is 2. The van der Waals surface area contributed by atoms with Crippen molar-refractivity contribution < 1.29 is 4.39 Å². The minimum atomic E-state index is -0.224. The minimum absolute atomic E-state index is 0.224. The van der Waals surface area contributed by atoms with Crippen molar-refractivity contribution in [2.75, 3.05) is 6.54 Å². The Labute approximate surface area is 98.7 Å². The van der Waals surface area contributed by atoms with Gasteiger partial charge in [-0.05, 0) is 37.2 Å². The summed E-state index contributed by atoms with van der Waals surface area (Å²) in [5.74, 6) is -0.224. The number of halogens is 1. The average molecular weight is 229 g/mol. The molecule has 4 heteroatoms. The molecule has 0 atom stereocenters. The second kappa shape index (κ2) is 4.22. The highest BCUT2D eigenvalue weighted by atomic mass is 19.1. The summed E-state index contributed by atoms with van der Waals surface area (Å²) in [4.78, 5) is 8.61. The fourth-order valence-electron chi connectivity index (χ4n) is 2.14. The van der Waals surface area contributed by atoms with Gasteiger partial charge in [0.25, 0.3) is 0 Å². The maximum Gasteiger partial charge on any atom is 0.123 e. The van der Waals surface area contributed by atoms with Gasteiger partial charge in [0, 0.05) is 17.7 Å². The first-order chi connectivity index (χ1) is 8.34. The predicted octanol–water partition coefficient (Wildman–Crippen LogP) is 1.93. The van der Waals surface area contributed by atoms with E-state index in [0.29, 0.717) is 0 Å². The van der Waals surface area contributed by atoms with Gasteiger partial charge < -0.3 is 5.32 Å². The van der Waals surface area contributed by atoms with Crippen LogP contribution in [0, 0.1) is 5.82 Å². The predicted molar refractivity (Wildman–Crippen MR) is 62.8 cm³/mol. The maximum absolute atomic E-state index is 12.9. The maximum atomic E-state index is 12.9. The van der Waals surface area contributed by atoms with Crippen molar-refractivity contribution in [3.05, 3.63) is 47.7 Å². The molecule has 1 N–H and O–H groups in total. The van der Waals surface area contributed by atoms with Gasteiger partial charge in [0.2, 0.25) is 0 Å². The summed E-state index contributed by atoms with van der Waals surface area (Å²) >= 11 is 0. The lowest BCUT2D eigenvalue weighted by molar-refractivity contribution is 0.623. The van der Waals surface area contributed by atoms with E-state index in [1.807, 2.05) is 0 Å². The van der Waals surface area contributed by atoms with E-state index in [4.69, 9.17) is 0 Å². The first kappa shape index (κ1) is 10.4. The number of fused-ring (bicyclic) bond motifs is 1. The second-order valence-electron chi connectivity index (χ2n) is 4.08. The van der Waals surface area contributed by atoms with Crippen molar-refractivity contribution in [1.82, 2.24) is 15.3 Å². The highest BCUT2D eigenvalue weighted by molar-refractivity contribution is 5.63. The Kier molecular flexibility index (Phi) is 2.57. The highest BCUT2D eigenvalue weighted by Crippen LogP contribution is 2.24. The smallest absolute Gasteiger partial charge is 0.123 e. The summed E-state index contributed by atoms with van der Waals surface area (Å²) in [6, 6.07) is 6.45. The number of benzene rings is 1. The molecular formula is C13H12FN3. The van der Waals surface area contributed by atoms with E-state index in [9.17, 15) is 4.39 Å². The first-order valence-corrected chi connectivity index (χ1v) is 5.64. The largest absolute Gasteiger partial charge is 0.311 e. The van der Waals surface area contributed by atoms with Crippen LogP contribution in [0.15, 0.2) is 30.6 Å². The molecule has 2 heterocycles. The van der Waals surface area contributed by atoms with Gasteiger partial charge in [-0.1, -0.05) is 0 Å². The van der Waals surface area contributed by atoms with Gasteiger partial charge in [-0.15, -0.1) is 0 Å². The molecule has 86 valence electrons. The lowest BCUT2D eigenvalue weighted by Crippen LogP contribution is -2.25. The Morgan fingerprint density at radius 1 is 1.12 bits per heavy atom. The van der Waals surface area contributed by atoms with Crippen LogP contribution in [0.4, 0.5) is 4.39 Å². The van der Waals surface area contributed by atoms with Gasteiger partial charge in [0.15, 0.2) is 0 Å². The summed E-state index contributed by atoms with van der Waals surface area (Å²) in [6.07, 6.45) is 2.49. The zero-order valence-electron chi connectivity index (χ0n) is 9.28. The Morgan fingerprint density at radius 2 is 1.94 bits per heavy atom. The molecule has 0 saturated carbocycles. The van der Waals surface area contributed by atoms with Gasteiger partial charge in [-0.2, -0.15) is 0 Å². The lowest BCUT2D eigenvalue weighted by Gasteiger charge is -2.18. The molecule has 0 radical (unpaired) electrons. The third-order valence-electron chi connectivity index (χ3n) is 3.00. The van der Waals surface area contributed by atoms with E-state index in [0.717, 1.165) is 36.5 Å². The molecule has 0 bridgehead atoms. The Bertz CT molecular complexity index is 537. The quantitative estimate of drug-likeness (QED) is 0.812. The van der Waals surface area contributed by atoms with E-state index in [-0.39, 0.29) is 5.82 Å². The molecule has 0 amide bonds. The molecule has 0 saturated heterocycles. The van der Waals surface area contributed by atoms with Gasteiger partial charge in [-0.25, -0.2) is 14.4 Å². The van der Waals surface area contributed by atoms with Crippen molar-refractivity contribution in [2.24, 2.45) is 0 Å².